The van der Waals surface area contributed by atoms with Crippen molar-refractivity contribution in [3.05, 3.63) is 47.4 Å². The van der Waals surface area contributed by atoms with Crippen molar-refractivity contribution in [3.63, 3.8) is 0 Å². The van der Waals surface area contributed by atoms with Crippen LogP contribution >= 0.6 is 0 Å². The molecule has 0 saturated carbocycles. The number of hydrogen-bond donors (Lipinski definition) is 0. The van der Waals surface area contributed by atoms with E-state index in [2.05, 4.69) is 0 Å². The van der Waals surface area contributed by atoms with Gasteiger partial charge in [0.25, 0.3) is 0 Å². The highest BCUT2D eigenvalue weighted by molar-refractivity contribution is 5.85. The Morgan fingerprint density at radius 2 is 1.84 bits per heavy atom. The van der Waals surface area contributed by atoms with Gasteiger partial charge in [-0.2, -0.15) is 0 Å². The van der Waals surface area contributed by atoms with Crippen molar-refractivity contribution in [2.45, 2.75) is 33.9 Å². The molecule has 1 aliphatic rings. The van der Waals surface area contributed by atoms with E-state index in [1.165, 1.54) is 0 Å². The number of carbonyl (C=O) groups excluding carboxylic acids is 2. The number of carbonyl (C=O) groups is 2. The first kappa shape index (κ1) is 22.7. The minimum Gasteiger partial charge on any atom is -0.464 e. The SMILES string of the molecule is COCCN(CC(=O)N(Cc1ccc2c(c1)OCO2)Cc1ccc(C)o1)C(=O)C(C)C. The molecule has 8 heteroatoms. The van der Waals surface area contributed by atoms with Gasteiger partial charge in [-0.3, -0.25) is 9.59 Å². The molecule has 1 aliphatic heterocycles. The van der Waals surface area contributed by atoms with Crippen LogP contribution in [0.2, 0.25) is 0 Å². The molecule has 0 radical (unpaired) electrons. The van der Waals surface area contributed by atoms with Crippen molar-refractivity contribution in [2.75, 3.05) is 33.6 Å². The van der Waals surface area contributed by atoms with Crippen molar-refractivity contribution in [2.24, 2.45) is 5.92 Å². The quantitative estimate of drug-likeness (QED) is 0.576. The monoisotopic (exact) mass is 430 g/mol. The van der Waals surface area contributed by atoms with E-state index in [1.807, 2.05) is 51.1 Å². The summed E-state index contributed by atoms with van der Waals surface area (Å²) in [6, 6.07) is 9.34. The van der Waals surface area contributed by atoms with E-state index in [1.54, 1.807) is 16.9 Å². The summed E-state index contributed by atoms with van der Waals surface area (Å²) >= 11 is 0. The Hall–Kier alpha value is -3.00. The zero-order valence-corrected chi connectivity index (χ0v) is 18.6. The summed E-state index contributed by atoms with van der Waals surface area (Å²) in [6.07, 6.45) is 0. The Balaban J connectivity index is 1.78. The van der Waals surface area contributed by atoms with Gasteiger partial charge in [0.1, 0.15) is 11.5 Å². The fraction of sp³-hybridized carbons (Fsp3) is 0.478. The molecule has 3 rings (SSSR count). The van der Waals surface area contributed by atoms with Crippen LogP contribution in [0.3, 0.4) is 0 Å². The van der Waals surface area contributed by atoms with E-state index in [4.69, 9.17) is 18.6 Å². The van der Waals surface area contributed by atoms with Crippen LogP contribution in [0.5, 0.6) is 11.5 Å². The third-order valence-corrected chi connectivity index (χ3v) is 5.00. The fourth-order valence-electron chi connectivity index (χ4n) is 3.35. The average molecular weight is 431 g/mol. The van der Waals surface area contributed by atoms with Crippen LogP contribution in [0.4, 0.5) is 0 Å². The molecule has 0 fully saturated rings. The third-order valence-electron chi connectivity index (χ3n) is 5.00. The molecule has 0 spiro atoms. The molecular weight excluding hydrogens is 400 g/mol. The van der Waals surface area contributed by atoms with Gasteiger partial charge < -0.3 is 28.4 Å². The molecule has 31 heavy (non-hydrogen) atoms. The lowest BCUT2D eigenvalue weighted by Crippen LogP contribution is -2.45. The normalized spacial score (nSPS) is 12.3. The highest BCUT2D eigenvalue weighted by Crippen LogP contribution is 2.33. The van der Waals surface area contributed by atoms with Crippen molar-refractivity contribution in [1.82, 2.24) is 9.80 Å². The van der Waals surface area contributed by atoms with E-state index in [-0.39, 0.29) is 31.1 Å². The molecule has 168 valence electrons. The van der Waals surface area contributed by atoms with Gasteiger partial charge in [-0.25, -0.2) is 0 Å². The van der Waals surface area contributed by atoms with Gasteiger partial charge in [0.2, 0.25) is 18.6 Å². The van der Waals surface area contributed by atoms with Gasteiger partial charge in [-0.1, -0.05) is 19.9 Å². The number of ether oxygens (including phenoxy) is 3. The Kier molecular flexibility index (Phi) is 7.57. The summed E-state index contributed by atoms with van der Waals surface area (Å²) in [5, 5.41) is 0. The van der Waals surface area contributed by atoms with E-state index in [0.29, 0.717) is 43.5 Å². The van der Waals surface area contributed by atoms with Gasteiger partial charge in [0, 0.05) is 26.1 Å². The molecular formula is C23H30N2O6. The van der Waals surface area contributed by atoms with Gasteiger partial charge in [0.05, 0.1) is 19.7 Å². The molecule has 0 bridgehead atoms. The summed E-state index contributed by atoms with van der Waals surface area (Å²) in [4.78, 5) is 29.1. The number of nitrogens with zero attached hydrogens (tertiary/aromatic N) is 2. The summed E-state index contributed by atoms with van der Waals surface area (Å²) in [7, 11) is 1.57. The predicted molar refractivity (Wildman–Crippen MR) is 114 cm³/mol. The van der Waals surface area contributed by atoms with Crippen molar-refractivity contribution in [3.8, 4) is 11.5 Å². The van der Waals surface area contributed by atoms with Crippen LogP contribution in [0.15, 0.2) is 34.7 Å². The maximum Gasteiger partial charge on any atom is 0.242 e. The second-order valence-corrected chi connectivity index (χ2v) is 7.86. The number of furan rings is 1. The maximum absolute atomic E-state index is 13.3. The third kappa shape index (κ3) is 6.01. The van der Waals surface area contributed by atoms with Crippen molar-refractivity contribution < 1.29 is 28.2 Å². The predicted octanol–water partition coefficient (Wildman–Crippen LogP) is 2.98. The number of hydrogen-bond acceptors (Lipinski definition) is 6. The standard InChI is InChI=1S/C23H30N2O6/c1-16(2)23(27)24(9-10-28-4)14-22(26)25(13-19-7-5-17(3)31-19)12-18-6-8-20-21(11-18)30-15-29-20/h5-8,11,16H,9-10,12-15H2,1-4H3. The summed E-state index contributed by atoms with van der Waals surface area (Å²) < 4.78 is 21.6. The molecule has 2 heterocycles. The fourth-order valence-corrected chi connectivity index (χ4v) is 3.35. The molecule has 1 aromatic heterocycles. The molecule has 0 saturated heterocycles. The summed E-state index contributed by atoms with van der Waals surface area (Å²) in [5.41, 5.74) is 0.902. The minimum atomic E-state index is -0.209. The molecule has 2 aromatic rings. The highest BCUT2D eigenvalue weighted by atomic mass is 16.7. The van der Waals surface area contributed by atoms with E-state index < -0.39 is 0 Å². The van der Waals surface area contributed by atoms with Crippen LogP contribution in [0.1, 0.15) is 30.9 Å². The molecule has 0 atom stereocenters. The lowest BCUT2D eigenvalue weighted by atomic mass is 10.1. The van der Waals surface area contributed by atoms with Crippen LogP contribution < -0.4 is 9.47 Å². The number of aryl methyl sites for hydroxylation is 1. The van der Waals surface area contributed by atoms with Crippen molar-refractivity contribution in [1.29, 1.82) is 0 Å². The van der Waals surface area contributed by atoms with Crippen LogP contribution in [0.25, 0.3) is 0 Å². The molecule has 0 unspecified atom stereocenters. The Bertz CT molecular complexity index is 907. The zero-order valence-electron chi connectivity index (χ0n) is 18.6. The van der Waals surface area contributed by atoms with E-state index in [9.17, 15) is 9.59 Å². The Labute approximate surface area is 182 Å². The first-order chi connectivity index (χ1) is 14.9. The van der Waals surface area contributed by atoms with E-state index in [0.717, 1.165) is 11.3 Å². The van der Waals surface area contributed by atoms with Crippen molar-refractivity contribution >= 4 is 11.8 Å². The average Bonchev–Trinajstić information content (AvgIpc) is 3.37. The van der Waals surface area contributed by atoms with Crippen LogP contribution in [-0.4, -0.2) is 55.2 Å². The maximum atomic E-state index is 13.3. The zero-order chi connectivity index (χ0) is 22.4. The lowest BCUT2D eigenvalue weighted by molar-refractivity contribution is -0.143. The summed E-state index contributed by atoms with van der Waals surface area (Å²) in [6.45, 7) is 7.05. The second-order valence-electron chi connectivity index (χ2n) is 7.86. The number of methoxy groups -OCH3 is 1. The van der Waals surface area contributed by atoms with Gasteiger partial charge in [0.15, 0.2) is 11.5 Å². The van der Waals surface area contributed by atoms with Crippen LogP contribution in [-0.2, 0) is 27.4 Å². The molecule has 8 nitrogen and oxygen atoms in total. The smallest absolute Gasteiger partial charge is 0.242 e. The topological polar surface area (TPSA) is 81.5 Å². The van der Waals surface area contributed by atoms with Crippen LogP contribution in [0, 0.1) is 12.8 Å². The molecule has 1 aromatic carbocycles. The Morgan fingerprint density at radius 3 is 2.52 bits per heavy atom. The number of fused-ring (bicyclic) bond motifs is 1. The summed E-state index contributed by atoms with van der Waals surface area (Å²) in [5.74, 6) is 2.36. The highest BCUT2D eigenvalue weighted by Gasteiger charge is 2.24. The van der Waals surface area contributed by atoms with Gasteiger partial charge in [-0.15, -0.1) is 0 Å². The largest absolute Gasteiger partial charge is 0.464 e. The number of benzene rings is 1. The first-order valence-corrected chi connectivity index (χ1v) is 10.4. The molecule has 0 aliphatic carbocycles. The number of rotatable bonds is 10. The molecule has 0 N–H and O–H groups in total. The molecule has 2 amide bonds. The second kappa shape index (κ2) is 10.3. The Morgan fingerprint density at radius 1 is 1.06 bits per heavy atom. The first-order valence-electron chi connectivity index (χ1n) is 10.4. The van der Waals surface area contributed by atoms with Gasteiger partial charge in [-0.05, 0) is 36.8 Å². The van der Waals surface area contributed by atoms with E-state index >= 15 is 0 Å². The minimum absolute atomic E-state index is 0.0232. The lowest BCUT2D eigenvalue weighted by Gasteiger charge is -2.28. The number of amides is 2. The van der Waals surface area contributed by atoms with Gasteiger partial charge >= 0.3 is 0 Å².